The van der Waals surface area contributed by atoms with Gasteiger partial charge < -0.3 is 24.4 Å². The Bertz CT molecular complexity index is 1140. The number of hydrogen-bond acceptors (Lipinski definition) is 4. The normalized spacial score (nSPS) is 26.6. The topological polar surface area (TPSA) is 55.8 Å². The molecule has 2 aromatic carbocycles. The average Bonchev–Trinajstić information content (AvgIpc) is 3.04. The third-order valence-corrected chi connectivity index (χ3v) is 8.28. The van der Waals surface area contributed by atoms with Gasteiger partial charge in [-0.1, -0.05) is 31.5 Å². The van der Waals surface area contributed by atoms with Gasteiger partial charge in [0, 0.05) is 18.2 Å². The van der Waals surface area contributed by atoms with Gasteiger partial charge in [-0.3, -0.25) is 0 Å². The number of fused-ring (bicyclic) bond motifs is 4. The third-order valence-electron chi connectivity index (χ3n) is 7.98. The maximum atomic E-state index is 15.6. The summed E-state index contributed by atoms with van der Waals surface area (Å²) in [7, 11) is 0. The molecule has 6 rings (SSSR count). The number of piperidine rings is 3. The minimum Gasteiger partial charge on any atom is -0.530 e. The number of rotatable bonds is 5. The first-order valence-electron chi connectivity index (χ1n) is 12.6. The lowest BCUT2D eigenvalue weighted by molar-refractivity contribution is -0.276. The summed E-state index contributed by atoms with van der Waals surface area (Å²) < 4.78 is 21.3. The van der Waals surface area contributed by atoms with Crippen LogP contribution in [0, 0.1) is 17.2 Å². The lowest BCUT2D eigenvalue weighted by Gasteiger charge is -2.53. The van der Waals surface area contributed by atoms with Crippen molar-refractivity contribution in [2.24, 2.45) is 11.3 Å². The van der Waals surface area contributed by atoms with Gasteiger partial charge in [-0.25, -0.2) is 4.39 Å². The summed E-state index contributed by atoms with van der Waals surface area (Å²) in [6.07, 6.45) is 1.48. The van der Waals surface area contributed by atoms with Crippen molar-refractivity contribution in [2.45, 2.75) is 65.1 Å². The molecular formula is C28H33ClFN2O3-. The highest BCUT2D eigenvalue weighted by molar-refractivity contribution is 6.32. The van der Waals surface area contributed by atoms with Gasteiger partial charge in [-0.05, 0) is 98.5 Å². The number of carbonyl (C=O) groups excluding carboxylic acids is 1. The van der Waals surface area contributed by atoms with Gasteiger partial charge >= 0.3 is 0 Å². The van der Waals surface area contributed by atoms with E-state index in [1.165, 1.54) is 6.07 Å². The number of hydrogen-bond donors (Lipinski definition) is 0. The van der Waals surface area contributed by atoms with Gasteiger partial charge in [0.05, 0.1) is 17.2 Å². The molecule has 3 fully saturated rings. The van der Waals surface area contributed by atoms with E-state index in [9.17, 15) is 9.90 Å². The van der Waals surface area contributed by atoms with Crippen LogP contribution in [-0.2, 0) is 6.42 Å². The molecule has 2 bridgehead atoms. The van der Waals surface area contributed by atoms with Crippen molar-refractivity contribution >= 4 is 17.7 Å². The van der Waals surface area contributed by atoms with Crippen LogP contribution in [-0.4, -0.2) is 47.7 Å². The quantitative estimate of drug-likeness (QED) is 0.560. The molecule has 3 heterocycles. The monoisotopic (exact) mass is 499 g/mol. The van der Waals surface area contributed by atoms with Crippen LogP contribution in [0.3, 0.4) is 0 Å². The Balaban J connectivity index is 1.52. The van der Waals surface area contributed by atoms with E-state index < -0.39 is 12.1 Å². The zero-order valence-electron chi connectivity index (χ0n) is 20.8. The standard InChI is InChI=1S/C28H34ClFN2O3/c1-16(2)35-25-6-5-18(12-22(25)29)20-11-19-14-28(3,4)26(21(19)13-23(20)30)32(27(33)34)24-15-31-9-7-17(24)8-10-31/h5-6,11-13,16-17,24,26H,7-10,14-15H2,1-4H3,(H,33,34)/p-1/t24-,26+/m1/s1. The maximum absolute atomic E-state index is 15.6. The number of benzene rings is 2. The second-order valence-corrected chi connectivity index (χ2v) is 11.7. The number of carbonyl (C=O) groups is 1. The highest BCUT2D eigenvalue weighted by atomic mass is 35.5. The highest BCUT2D eigenvalue weighted by Crippen LogP contribution is 2.52. The summed E-state index contributed by atoms with van der Waals surface area (Å²) in [5.74, 6) is 0.512. The van der Waals surface area contributed by atoms with Crippen LogP contribution in [0.2, 0.25) is 5.02 Å². The van der Waals surface area contributed by atoms with Crippen molar-refractivity contribution in [3.63, 3.8) is 0 Å². The second kappa shape index (κ2) is 8.97. The maximum Gasteiger partial charge on any atom is 0.138 e. The highest BCUT2D eigenvalue weighted by Gasteiger charge is 2.48. The number of ether oxygens (including phenoxy) is 1. The predicted octanol–water partition coefficient (Wildman–Crippen LogP) is 5.30. The van der Waals surface area contributed by atoms with Gasteiger partial charge in [0.25, 0.3) is 0 Å². The molecule has 3 saturated heterocycles. The molecule has 4 aliphatic rings. The molecule has 0 aromatic heterocycles. The third kappa shape index (κ3) is 4.40. The smallest absolute Gasteiger partial charge is 0.138 e. The summed E-state index contributed by atoms with van der Waals surface area (Å²) in [5, 5.41) is 13.0. The average molecular weight is 500 g/mol. The van der Waals surface area contributed by atoms with E-state index in [1.54, 1.807) is 17.0 Å². The van der Waals surface area contributed by atoms with Gasteiger partial charge in [-0.2, -0.15) is 0 Å². The van der Waals surface area contributed by atoms with E-state index in [2.05, 4.69) is 18.7 Å². The molecule has 1 aliphatic carbocycles. The minimum absolute atomic E-state index is 0.0166. The van der Waals surface area contributed by atoms with E-state index in [0.29, 0.717) is 34.2 Å². The minimum atomic E-state index is -1.16. The van der Waals surface area contributed by atoms with Crippen LogP contribution in [0.25, 0.3) is 11.1 Å². The molecule has 0 unspecified atom stereocenters. The largest absolute Gasteiger partial charge is 0.530 e. The Kier molecular flexibility index (Phi) is 6.25. The van der Waals surface area contributed by atoms with Crippen LogP contribution >= 0.6 is 11.6 Å². The fraction of sp³-hybridized carbons (Fsp3) is 0.536. The van der Waals surface area contributed by atoms with Gasteiger partial charge in [0.1, 0.15) is 17.7 Å². The van der Waals surface area contributed by atoms with Crippen LogP contribution < -0.4 is 9.84 Å². The van der Waals surface area contributed by atoms with Crippen LogP contribution in [0.4, 0.5) is 9.18 Å². The van der Waals surface area contributed by atoms with E-state index in [-0.39, 0.29) is 23.4 Å². The Morgan fingerprint density at radius 1 is 1.23 bits per heavy atom. The lowest BCUT2D eigenvalue weighted by Crippen LogP contribution is -2.62. The summed E-state index contributed by atoms with van der Waals surface area (Å²) in [6.45, 7) is 10.8. The van der Waals surface area contributed by atoms with Crippen molar-refractivity contribution in [2.75, 3.05) is 19.6 Å². The first-order chi connectivity index (χ1) is 16.5. The van der Waals surface area contributed by atoms with Crippen molar-refractivity contribution < 1.29 is 19.0 Å². The molecule has 5 nitrogen and oxygen atoms in total. The van der Waals surface area contributed by atoms with E-state index in [4.69, 9.17) is 16.3 Å². The van der Waals surface area contributed by atoms with Gasteiger partial charge in [0.15, 0.2) is 0 Å². The SMILES string of the molecule is CC(C)Oc1ccc(-c2cc3c(cc2F)[C@H](N(C(=O)[O-])[C@@H]2CN4CCC2CC4)C(C)(C)C3)cc1Cl. The second-order valence-electron chi connectivity index (χ2n) is 11.3. The molecule has 3 aliphatic heterocycles. The molecule has 188 valence electrons. The molecule has 7 heteroatoms. The number of amides is 1. The molecule has 2 atom stereocenters. The summed E-state index contributed by atoms with van der Waals surface area (Å²) >= 11 is 6.42. The van der Waals surface area contributed by atoms with Crippen LogP contribution in [0.5, 0.6) is 5.75 Å². The number of halogens is 2. The van der Waals surface area contributed by atoms with Crippen LogP contribution in [0.15, 0.2) is 30.3 Å². The van der Waals surface area contributed by atoms with Gasteiger partial charge in [0.2, 0.25) is 0 Å². The number of carboxylic acid groups (broad SMARTS) is 1. The lowest BCUT2D eigenvalue weighted by atomic mass is 9.79. The summed E-state index contributed by atoms with van der Waals surface area (Å²) in [6, 6.07) is 8.14. The molecular weight excluding hydrogens is 467 g/mol. The Morgan fingerprint density at radius 2 is 1.94 bits per heavy atom. The first-order valence-corrected chi connectivity index (χ1v) is 12.9. The van der Waals surface area contributed by atoms with E-state index >= 15 is 4.39 Å². The fourth-order valence-corrected chi connectivity index (χ4v) is 6.72. The molecule has 1 amide bonds. The molecule has 0 saturated carbocycles. The Hall–Kier alpha value is -2.31. The molecule has 2 aromatic rings. The Labute approximate surface area is 211 Å². The fourth-order valence-electron chi connectivity index (χ4n) is 6.50. The zero-order valence-corrected chi connectivity index (χ0v) is 21.6. The van der Waals surface area contributed by atoms with Gasteiger partial charge in [-0.15, -0.1) is 0 Å². The number of nitrogens with zero attached hydrogens (tertiary/aromatic N) is 2. The van der Waals surface area contributed by atoms with Crippen molar-refractivity contribution in [3.05, 3.63) is 52.3 Å². The summed E-state index contributed by atoms with van der Waals surface area (Å²) in [5.41, 5.74) is 2.47. The van der Waals surface area contributed by atoms with Crippen molar-refractivity contribution in [1.29, 1.82) is 0 Å². The summed E-state index contributed by atoms with van der Waals surface area (Å²) in [4.78, 5) is 16.4. The zero-order chi connectivity index (χ0) is 25.1. The first kappa shape index (κ1) is 24.4. The molecule has 0 radical (unpaired) electrons. The molecule has 35 heavy (non-hydrogen) atoms. The van der Waals surface area contributed by atoms with Crippen LogP contribution in [0.1, 0.15) is 57.7 Å². The molecule has 0 spiro atoms. The van der Waals surface area contributed by atoms with Crippen molar-refractivity contribution in [3.8, 4) is 16.9 Å². The van der Waals surface area contributed by atoms with E-state index in [1.807, 2.05) is 26.0 Å². The van der Waals surface area contributed by atoms with Crippen molar-refractivity contribution in [1.82, 2.24) is 9.80 Å². The van der Waals surface area contributed by atoms with E-state index in [0.717, 1.165) is 43.6 Å². The molecule has 0 N–H and O–H groups in total. The predicted molar refractivity (Wildman–Crippen MR) is 133 cm³/mol. The Morgan fingerprint density at radius 3 is 2.51 bits per heavy atom.